The van der Waals surface area contributed by atoms with Crippen LogP contribution in [0.2, 0.25) is 0 Å². The van der Waals surface area contributed by atoms with E-state index in [-0.39, 0.29) is 11.8 Å². The third-order valence-corrected chi connectivity index (χ3v) is 3.72. The molecule has 5 heteroatoms. The van der Waals surface area contributed by atoms with Crippen LogP contribution in [0.1, 0.15) is 18.4 Å². The average molecular weight is 277 g/mol. The zero-order valence-electron chi connectivity index (χ0n) is 11.8. The van der Waals surface area contributed by atoms with Gasteiger partial charge in [0.25, 0.3) is 0 Å². The molecule has 0 spiro atoms. The van der Waals surface area contributed by atoms with E-state index in [1.807, 2.05) is 24.3 Å². The van der Waals surface area contributed by atoms with Gasteiger partial charge >= 0.3 is 0 Å². The second-order valence-corrected chi connectivity index (χ2v) is 5.24. The number of nitrogens with two attached hydrogens (primary N) is 2. The summed E-state index contributed by atoms with van der Waals surface area (Å²) in [5.74, 6) is 0.645. The number of carbonyl (C=O) groups is 1. The Morgan fingerprint density at radius 3 is 3.05 bits per heavy atom. The lowest BCUT2D eigenvalue weighted by atomic mass is 9.98. The summed E-state index contributed by atoms with van der Waals surface area (Å²) in [6.45, 7) is 3.71. The van der Waals surface area contributed by atoms with E-state index in [1.165, 1.54) is 0 Å². The first-order chi connectivity index (χ1) is 9.69. The van der Waals surface area contributed by atoms with Crippen LogP contribution in [0.15, 0.2) is 24.3 Å². The highest BCUT2D eigenvalue weighted by Crippen LogP contribution is 2.16. The molecule has 0 radical (unpaired) electrons. The molecule has 2 rings (SSSR count). The summed E-state index contributed by atoms with van der Waals surface area (Å²) < 4.78 is 5.73. The Bertz CT molecular complexity index is 450. The fourth-order valence-corrected chi connectivity index (χ4v) is 2.55. The van der Waals surface area contributed by atoms with Crippen molar-refractivity contribution in [2.24, 2.45) is 17.4 Å². The number of piperidine rings is 1. The molecule has 4 N–H and O–H groups in total. The van der Waals surface area contributed by atoms with E-state index in [0.29, 0.717) is 13.2 Å². The molecule has 1 aromatic carbocycles. The lowest BCUT2D eigenvalue weighted by molar-refractivity contribution is -0.123. The van der Waals surface area contributed by atoms with Gasteiger partial charge in [0.2, 0.25) is 5.91 Å². The number of hydrogen-bond acceptors (Lipinski definition) is 4. The first-order valence-electron chi connectivity index (χ1n) is 7.12. The maximum absolute atomic E-state index is 11.2. The molecule has 1 heterocycles. The summed E-state index contributed by atoms with van der Waals surface area (Å²) in [6, 6.07) is 7.82. The number of ether oxygens (including phenoxy) is 1. The minimum atomic E-state index is -0.189. The molecule has 110 valence electrons. The molecule has 1 aliphatic rings. The van der Waals surface area contributed by atoms with E-state index < -0.39 is 0 Å². The van der Waals surface area contributed by atoms with Crippen LogP contribution < -0.4 is 16.2 Å². The van der Waals surface area contributed by atoms with Crippen molar-refractivity contribution in [3.05, 3.63) is 29.8 Å². The van der Waals surface area contributed by atoms with Crippen LogP contribution in [0, 0.1) is 5.92 Å². The summed E-state index contributed by atoms with van der Waals surface area (Å²) in [7, 11) is 0. The second kappa shape index (κ2) is 7.26. The minimum Gasteiger partial charge on any atom is -0.492 e. The SMILES string of the molecule is NCc1cccc(OCCN2CCCC(C(N)=O)C2)c1. The van der Waals surface area contributed by atoms with Gasteiger partial charge in [-0.1, -0.05) is 12.1 Å². The number of rotatable bonds is 6. The zero-order valence-corrected chi connectivity index (χ0v) is 11.8. The molecule has 1 amide bonds. The number of carbonyl (C=O) groups excluding carboxylic acids is 1. The van der Waals surface area contributed by atoms with Gasteiger partial charge < -0.3 is 16.2 Å². The predicted octanol–water partition coefficient (Wildman–Crippen LogP) is 0.721. The summed E-state index contributed by atoms with van der Waals surface area (Å²) in [5, 5.41) is 0. The van der Waals surface area contributed by atoms with Crippen molar-refractivity contribution in [2.75, 3.05) is 26.2 Å². The molecule has 1 saturated heterocycles. The number of hydrogen-bond donors (Lipinski definition) is 2. The molecule has 0 saturated carbocycles. The summed E-state index contributed by atoms with van der Waals surface area (Å²) >= 11 is 0. The van der Waals surface area contributed by atoms with Gasteiger partial charge in [0, 0.05) is 19.6 Å². The molecule has 1 aliphatic heterocycles. The highest BCUT2D eigenvalue weighted by atomic mass is 16.5. The molecule has 1 aromatic rings. The van der Waals surface area contributed by atoms with E-state index in [1.54, 1.807) is 0 Å². The van der Waals surface area contributed by atoms with Gasteiger partial charge in [-0.05, 0) is 37.1 Å². The molecular weight excluding hydrogens is 254 g/mol. The molecule has 0 aromatic heterocycles. The largest absolute Gasteiger partial charge is 0.492 e. The van der Waals surface area contributed by atoms with Crippen molar-refractivity contribution in [2.45, 2.75) is 19.4 Å². The van der Waals surface area contributed by atoms with Crippen LogP contribution in [0.4, 0.5) is 0 Å². The highest BCUT2D eigenvalue weighted by molar-refractivity contribution is 5.76. The van der Waals surface area contributed by atoms with Crippen LogP contribution in [0.25, 0.3) is 0 Å². The Hall–Kier alpha value is -1.59. The van der Waals surface area contributed by atoms with Gasteiger partial charge in [-0.2, -0.15) is 0 Å². The molecule has 5 nitrogen and oxygen atoms in total. The summed E-state index contributed by atoms with van der Waals surface area (Å²) in [4.78, 5) is 13.5. The maximum atomic E-state index is 11.2. The van der Waals surface area contributed by atoms with E-state index >= 15 is 0 Å². The first kappa shape index (κ1) is 14.8. The maximum Gasteiger partial charge on any atom is 0.221 e. The second-order valence-electron chi connectivity index (χ2n) is 5.24. The van der Waals surface area contributed by atoms with Crippen LogP contribution in [-0.2, 0) is 11.3 Å². The molecule has 0 aliphatic carbocycles. The van der Waals surface area contributed by atoms with Crippen molar-refractivity contribution in [1.29, 1.82) is 0 Å². The standard InChI is InChI=1S/C15H23N3O2/c16-10-12-3-1-5-14(9-12)20-8-7-18-6-2-4-13(11-18)15(17)19/h1,3,5,9,13H,2,4,6-8,10-11,16H2,(H2,17,19). The lowest BCUT2D eigenvalue weighted by Crippen LogP contribution is -2.42. The number of likely N-dealkylation sites (tertiary alicyclic amines) is 1. The molecular formula is C15H23N3O2. The van der Waals surface area contributed by atoms with Crippen molar-refractivity contribution in [1.82, 2.24) is 4.90 Å². The lowest BCUT2D eigenvalue weighted by Gasteiger charge is -2.30. The monoisotopic (exact) mass is 277 g/mol. The third-order valence-electron chi connectivity index (χ3n) is 3.72. The molecule has 1 atom stereocenters. The van der Waals surface area contributed by atoms with E-state index in [4.69, 9.17) is 16.2 Å². The molecule has 1 fully saturated rings. The van der Waals surface area contributed by atoms with Crippen molar-refractivity contribution in [3.63, 3.8) is 0 Å². The van der Waals surface area contributed by atoms with Crippen LogP contribution in [0.3, 0.4) is 0 Å². The Kier molecular flexibility index (Phi) is 5.38. The smallest absolute Gasteiger partial charge is 0.221 e. The third kappa shape index (κ3) is 4.21. The fraction of sp³-hybridized carbons (Fsp3) is 0.533. The average Bonchev–Trinajstić information content (AvgIpc) is 2.48. The minimum absolute atomic E-state index is 0.00989. The van der Waals surface area contributed by atoms with Gasteiger partial charge in [0.05, 0.1) is 5.92 Å². The van der Waals surface area contributed by atoms with Gasteiger partial charge in [0.15, 0.2) is 0 Å². The predicted molar refractivity (Wildman–Crippen MR) is 78.2 cm³/mol. The van der Waals surface area contributed by atoms with Crippen molar-refractivity contribution < 1.29 is 9.53 Å². The Balaban J connectivity index is 1.76. The van der Waals surface area contributed by atoms with Crippen LogP contribution in [0.5, 0.6) is 5.75 Å². The Morgan fingerprint density at radius 2 is 2.30 bits per heavy atom. The van der Waals surface area contributed by atoms with Crippen LogP contribution in [-0.4, -0.2) is 37.0 Å². The molecule has 0 bridgehead atoms. The van der Waals surface area contributed by atoms with Crippen molar-refractivity contribution >= 4 is 5.91 Å². The summed E-state index contributed by atoms with van der Waals surface area (Å²) in [5.41, 5.74) is 12.0. The highest BCUT2D eigenvalue weighted by Gasteiger charge is 2.23. The quantitative estimate of drug-likeness (QED) is 0.803. The van der Waals surface area contributed by atoms with Gasteiger partial charge in [0.1, 0.15) is 12.4 Å². The molecule has 1 unspecified atom stereocenters. The molecule has 20 heavy (non-hydrogen) atoms. The van der Waals surface area contributed by atoms with Gasteiger partial charge in [-0.25, -0.2) is 0 Å². The van der Waals surface area contributed by atoms with E-state index in [0.717, 1.165) is 43.8 Å². The first-order valence-corrected chi connectivity index (χ1v) is 7.12. The van der Waals surface area contributed by atoms with E-state index in [2.05, 4.69) is 4.90 Å². The van der Waals surface area contributed by atoms with Gasteiger partial charge in [-0.15, -0.1) is 0 Å². The van der Waals surface area contributed by atoms with Crippen molar-refractivity contribution in [3.8, 4) is 5.75 Å². The summed E-state index contributed by atoms with van der Waals surface area (Å²) in [6.07, 6.45) is 1.93. The Labute approximate surface area is 119 Å². The zero-order chi connectivity index (χ0) is 14.4. The Morgan fingerprint density at radius 1 is 1.45 bits per heavy atom. The number of benzene rings is 1. The number of primary amides is 1. The van der Waals surface area contributed by atoms with Gasteiger partial charge in [-0.3, -0.25) is 9.69 Å². The topological polar surface area (TPSA) is 81.6 Å². The normalized spacial score (nSPS) is 19.8. The fourth-order valence-electron chi connectivity index (χ4n) is 2.55. The number of amides is 1. The number of nitrogens with zero attached hydrogens (tertiary/aromatic N) is 1. The van der Waals surface area contributed by atoms with E-state index in [9.17, 15) is 4.79 Å². The van der Waals surface area contributed by atoms with Crippen LogP contribution >= 0.6 is 0 Å².